The maximum Gasteiger partial charge on any atom is 0.171 e. The molecule has 0 unspecified atom stereocenters. The molecular weight excluding hydrogens is 286 g/mol. The molecule has 6 heteroatoms. The van der Waals surface area contributed by atoms with E-state index >= 15 is 0 Å². The molecule has 0 spiro atoms. The van der Waals surface area contributed by atoms with Gasteiger partial charge in [0.25, 0.3) is 0 Å². The van der Waals surface area contributed by atoms with Gasteiger partial charge in [-0.05, 0) is 42.0 Å². The molecular formula is C15H15N3O2S. The van der Waals surface area contributed by atoms with Crippen molar-refractivity contribution in [2.45, 2.75) is 6.54 Å². The number of thiocarbonyl (C=S) groups is 1. The number of hydrogen-bond donors (Lipinski definition) is 2. The Hall–Kier alpha value is -2.34. The van der Waals surface area contributed by atoms with Crippen LogP contribution in [0.15, 0.2) is 42.7 Å². The Balaban J connectivity index is 1.56. The largest absolute Gasteiger partial charge is 0.486 e. The molecule has 1 aromatic carbocycles. The van der Waals surface area contributed by atoms with Gasteiger partial charge in [-0.2, -0.15) is 0 Å². The Labute approximate surface area is 128 Å². The molecule has 5 nitrogen and oxygen atoms in total. The molecule has 0 amide bonds. The Morgan fingerprint density at radius 2 is 1.86 bits per heavy atom. The third-order valence-electron chi connectivity index (χ3n) is 3.00. The van der Waals surface area contributed by atoms with Crippen LogP contribution >= 0.6 is 12.2 Å². The van der Waals surface area contributed by atoms with E-state index in [0.29, 0.717) is 24.9 Å². The Bertz CT molecular complexity index is 634. The molecule has 3 rings (SSSR count). The molecule has 108 valence electrons. The predicted molar refractivity (Wildman–Crippen MR) is 84.7 cm³/mol. The number of ether oxygens (including phenoxy) is 2. The molecule has 2 N–H and O–H groups in total. The van der Waals surface area contributed by atoms with Crippen LogP contribution in [0.5, 0.6) is 11.5 Å². The van der Waals surface area contributed by atoms with Gasteiger partial charge < -0.3 is 20.1 Å². The van der Waals surface area contributed by atoms with Crippen LogP contribution in [0.25, 0.3) is 0 Å². The number of fused-ring (bicyclic) bond motifs is 1. The number of pyridine rings is 1. The summed E-state index contributed by atoms with van der Waals surface area (Å²) in [5.41, 5.74) is 1.99. The third kappa shape index (κ3) is 3.61. The number of anilines is 1. The molecule has 0 saturated carbocycles. The zero-order valence-electron chi connectivity index (χ0n) is 11.3. The second-order valence-corrected chi connectivity index (χ2v) is 4.93. The monoisotopic (exact) mass is 301 g/mol. The van der Waals surface area contributed by atoms with Crippen LogP contribution in [0.2, 0.25) is 0 Å². The van der Waals surface area contributed by atoms with Crippen LogP contribution in [-0.2, 0) is 6.54 Å². The summed E-state index contributed by atoms with van der Waals surface area (Å²) < 4.78 is 11.1. The molecule has 21 heavy (non-hydrogen) atoms. The summed E-state index contributed by atoms with van der Waals surface area (Å²) in [6, 6.07) is 9.60. The summed E-state index contributed by atoms with van der Waals surface area (Å²) in [4.78, 5) is 3.96. The lowest BCUT2D eigenvalue weighted by Crippen LogP contribution is -2.28. The Morgan fingerprint density at radius 1 is 1.10 bits per heavy atom. The third-order valence-corrected chi connectivity index (χ3v) is 3.24. The fourth-order valence-electron chi connectivity index (χ4n) is 1.99. The lowest BCUT2D eigenvalue weighted by molar-refractivity contribution is 0.171. The van der Waals surface area contributed by atoms with Crippen molar-refractivity contribution < 1.29 is 9.47 Å². The van der Waals surface area contributed by atoms with Crippen molar-refractivity contribution in [3.63, 3.8) is 0 Å². The average molecular weight is 301 g/mol. The molecule has 2 aromatic rings. The first-order valence-corrected chi connectivity index (χ1v) is 7.05. The summed E-state index contributed by atoms with van der Waals surface area (Å²) in [7, 11) is 0. The Morgan fingerprint density at radius 3 is 2.67 bits per heavy atom. The molecule has 0 fully saturated rings. The molecule has 1 aromatic heterocycles. The first kappa shape index (κ1) is 13.6. The summed E-state index contributed by atoms with van der Waals surface area (Å²) in [5.74, 6) is 1.58. The van der Waals surface area contributed by atoms with Crippen LogP contribution in [0.1, 0.15) is 5.56 Å². The fourth-order valence-corrected chi connectivity index (χ4v) is 2.18. The number of hydrogen-bond acceptors (Lipinski definition) is 4. The van der Waals surface area contributed by atoms with Crippen molar-refractivity contribution in [1.82, 2.24) is 10.3 Å². The number of nitrogens with one attached hydrogen (secondary N) is 2. The van der Waals surface area contributed by atoms with E-state index in [1.165, 1.54) is 0 Å². The van der Waals surface area contributed by atoms with E-state index < -0.39 is 0 Å². The quantitative estimate of drug-likeness (QED) is 0.849. The maximum atomic E-state index is 5.56. The Kier molecular flexibility index (Phi) is 4.16. The highest BCUT2D eigenvalue weighted by molar-refractivity contribution is 7.80. The van der Waals surface area contributed by atoms with Gasteiger partial charge in [0.15, 0.2) is 16.6 Å². The zero-order valence-corrected chi connectivity index (χ0v) is 12.2. The molecule has 2 heterocycles. The van der Waals surface area contributed by atoms with Crippen molar-refractivity contribution >= 4 is 23.0 Å². The second-order valence-electron chi connectivity index (χ2n) is 4.52. The molecule has 0 aliphatic carbocycles. The van der Waals surface area contributed by atoms with E-state index in [1.54, 1.807) is 12.4 Å². The first-order valence-electron chi connectivity index (χ1n) is 6.65. The van der Waals surface area contributed by atoms with Gasteiger partial charge in [0.2, 0.25) is 0 Å². The van der Waals surface area contributed by atoms with Crippen LogP contribution in [-0.4, -0.2) is 23.3 Å². The van der Waals surface area contributed by atoms with Crippen molar-refractivity contribution in [3.8, 4) is 11.5 Å². The van der Waals surface area contributed by atoms with Crippen molar-refractivity contribution in [3.05, 3.63) is 48.3 Å². The molecule has 0 saturated heterocycles. The van der Waals surface area contributed by atoms with E-state index in [0.717, 1.165) is 22.7 Å². The smallest absolute Gasteiger partial charge is 0.171 e. The number of benzene rings is 1. The van der Waals surface area contributed by atoms with Gasteiger partial charge in [0.05, 0.1) is 0 Å². The SMILES string of the molecule is S=C(NCc1ccc2c(c1)OCCO2)Nc1ccncc1. The standard InChI is InChI=1S/C15H15N3O2S/c21-15(18-12-3-5-16-6-4-12)17-10-11-1-2-13-14(9-11)20-8-7-19-13/h1-6,9H,7-8,10H2,(H2,16,17,18,21). The van der Waals surface area contributed by atoms with Gasteiger partial charge >= 0.3 is 0 Å². The molecule has 1 aliphatic rings. The molecule has 0 bridgehead atoms. The van der Waals surface area contributed by atoms with Crippen LogP contribution in [0, 0.1) is 0 Å². The van der Waals surface area contributed by atoms with Crippen molar-refractivity contribution in [2.75, 3.05) is 18.5 Å². The summed E-state index contributed by atoms with van der Waals surface area (Å²) in [6.07, 6.45) is 3.43. The summed E-state index contributed by atoms with van der Waals surface area (Å²) >= 11 is 5.26. The second kappa shape index (κ2) is 6.41. The van der Waals surface area contributed by atoms with Crippen LogP contribution < -0.4 is 20.1 Å². The lowest BCUT2D eigenvalue weighted by Gasteiger charge is -2.19. The lowest BCUT2D eigenvalue weighted by atomic mass is 10.2. The highest BCUT2D eigenvalue weighted by Crippen LogP contribution is 2.30. The topological polar surface area (TPSA) is 55.4 Å². The van der Waals surface area contributed by atoms with E-state index in [1.807, 2.05) is 30.3 Å². The zero-order chi connectivity index (χ0) is 14.5. The average Bonchev–Trinajstić information content (AvgIpc) is 2.54. The van der Waals surface area contributed by atoms with Gasteiger partial charge in [-0.3, -0.25) is 4.98 Å². The number of rotatable bonds is 3. The van der Waals surface area contributed by atoms with E-state index in [9.17, 15) is 0 Å². The minimum Gasteiger partial charge on any atom is -0.486 e. The highest BCUT2D eigenvalue weighted by Gasteiger charge is 2.11. The fraction of sp³-hybridized carbons (Fsp3) is 0.200. The summed E-state index contributed by atoms with van der Waals surface area (Å²) in [6.45, 7) is 1.81. The number of nitrogens with zero attached hydrogens (tertiary/aromatic N) is 1. The predicted octanol–water partition coefficient (Wildman–Crippen LogP) is 2.34. The van der Waals surface area contributed by atoms with Gasteiger partial charge in [-0.1, -0.05) is 6.07 Å². The maximum absolute atomic E-state index is 5.56. The molecule has 0 atom stereocenters. The van der Waals surface area contributed by atoms with E-state index in [-0.39, 0.29) is 0 Å². The number of aromatic nitrogens is 1. The van der Waals surface area contributed by atoms with Crippen molar-refractivity contribution in [2.24, 2.45) is 0 Å². The van der Waals surface area contributed by atoms with Gasteiger partial charge in [-0.25, -0.2) is 0 Å². The molecule has 0 radical (unpaired) electrons. The van der Waals surface area contributed by atoms with E-state index in [4.69, 9.17) is 21.7 Å². The molecule has 1 aliphatic heterocycles. The van der Waals surface area contributed by atoms with Gasteiger partial charge in [0, 0.05) is 24.6 Å². The van der Waals surface area contributed by atoms with Gasteiger partial charge in [0.1, 0.15) is 13.2 Å². The van der Waals surface area contributed by atoms with Crippen LogP contribution in [0.4, 0.5) is 5.69 Å². The van der Waals surface area contributed by atoms with Gasteiger partial charge in [-0.15, -0.1) is 0 Å². The minimum atomic E-state index is 0.566. The highest BCUT2D eigenvalue weighted by atomic mass is 32.1. The normalized spacial score (nSPS) is 12.6. The summed E-state index contributed by atoms with van der Waals surface area (Å²) in [5, 5.41) is 6.82. The first-order chi connectivity index (χ1) is 10.3. The minimum absolute atomic E-state index is 0.566. The van der Waals surface area contributed by atoms with Crippen molar-refractivity contribution in [1.29, 1.82) is 0 Å². The van der Waals surface area contributed by atoms with E-state index in [2.05, 4.69) is 15.6 Å². The van der Waals surface area contributed by atoms with Crippen LogP contribution in [0.3, 0.4) is 0 Å².